The van der Waals surface area contributed by atoms with Crippen molar-refractivity contribution in [2.45, 2.75) is 26.3 Å². The molecule has 7 heteroatoms. The van der Waals surface area contributed by atoms with Gasteiger partial charge >= 0.3 is 0 Å². The van der Waals surface area contributed by atoms with Crippen LogP contribution in [0.1, 0.15) is 25.0 Å². The van der Waals surface area contributed by atoms with Gasteiger partial charge in [0.2, 0.25) is 5.91 Å². The number of amides is 2. The fraction of sp³-hybridized carbons (Fsp3) is 0.238. The molecule has 2 aromatic rings. The Morgan fingerprint density at radius 2 is 1.93 bits per heavy atom. The van der Waals surface area contributed by atoms with Crippen LogP contribution in [0.25, 0.3) is 0 Å². The molecular weight excluding hydrogens is 372 g/mol. The van der Waals surface area contributed by atoms with Crippen LogP contribution in [0, 0.1) is 0 Å². The lowest BCUT2D eigenvalue weighted by molar-refractivity contribution is -0.124. The van der Waals surface area contributed by atoms with Crippen molar-refractivity contribution in [2.24, 2.45) is 9.98 Å². The fourth-order valence-electron chi connectivity index (χ4n) is 3.24. The molecule has 0 bridgehead atoms. The molecule has 0 unspecified atom stereocenters. The normalized spacial score (nSPS) is 17.6. The molecule has 2 heterocycles. The molecule has 0 aliphatic carbocycles. The highest BCUT2D eigenvalue weighted by atomic mass is 32.2. The number of carbonyl (C=O) groups excluding carboxylic acids is 2. The first-order valence-electron chi connectivity index (χ1n) is 9.19. The van der Waals surface area contributed by atoms with E-state index in [1.807, 2.05) is 48.5 Å². The van der Waals surface area contributed by atoms with Gasteiger partial charge in [0.1, 0.15) is 11.9 Å². The first kappa shape index (κ1) is 18.4. The van der Waals surface area contributed by atoms with Gasteiger partial charge < -0.3 is 5.32 Å². The number of carbonyl (C=O) groups is 2. The summed E-state index contributed by atoms with van der Waals surface area (Å²) in [5, 5.41) is 3.44. The highest BCUT2D eigenvalue weighted by Crippen LogP contribution is 2.33. The molecule has 1 N–H and O–H groups in total. The number of nitrogens with one attached hydrogen (secondary N) is 1. The SMILES string of the molecule is CCc1ccccc1NC(=O)CSC1=Nc2ccccc2C2=N[C@@H](C)C(=O)N12. The number of amidine groups is 2. The zero-order valence-electron chi connectivity index (χ0n) is 15.7. The van der Waals surface area contributed by atoms with Crippen molar-refractivity contribution < 1.29 is 9.59 Å². The molecule has 4 rings (SSSR count). The molecule has 6 nitrogen and oxygen atoms in total. The van der Waals surface area contributed by atoms with E-state index in [9.17, 15) is 9.59 Å². The molecule has 142 valence electrons. The number of rotatable bonds is 4. The molecule has 0 saturated carbocycles. The van der Waals surface area contributed by atoms with E-state index in [1.54, 1.807) is 6.92 Å². The minimum atomic E-state index is -0.447. The van der Waals surface area contributed by atoms with Crippen molar-refractivity contribution in [3.63, 3.8) is 0 Å². The summed E-state index contributed by atoms with van der Waals surface area (Å²) in [5.41, 5.74) is 3.51. The van der Waals surface area contributed by atoms with Crippen LogP contribution < -0.4 is 5.32 Å². The summed E-state index contributed by atoms with van der Waals surface area (Å²) in [6.45, 7) is 3.82. The van der Waals surface area contributed by atoms with Crippen molar-refractivity contribution in [1.82, 2.24) is 4.90 Å². The standard InChI is InChI=1S/C21H20N4O2S/c1-3-14-8-4-6-10-16(14)23-18(26)12-28-21-24-17-11-7-5-9-15(17)19-22-13(2)20(27)25(19)21/h4-11,13H,3,12H2,1-2H3,(H,23,26)/t13-/m0/s1. The summed E-state index contributed by atoms with van der Waals surface area (Å²) in [7, 11) is 0. The van der Waals surface area contributed by atoms with E-state index in [2.05, 4.69) is 22.2 Å². The summed E-state index contributed by atoms with van der Waals surface area (Å²) >= 11 is 1.25. The molecule has 2 aromatic carbocycles. The van der Waals surface area contributed by atoms with Crippen LogP contribution in [-0.4, -0.2) is 39.5 Å². The Bertz CT molecular complexity index is 1010. The van der Waals surface area contributed by atoms with Crippen molar-refractivity contribution in [1.29, 1.82) is 0 Å². The number of nitrogens with zero attached hydrogens (tertiary/aromatic N) is 3. The molecule has 1 atom stereocenters. The van der Waals surface area contributed by atoms with E-state index in [0.29, 0.717) is 11.0 Å². The lowest BCUT2D eigenvalue weighted by atomic mass is 10.1. The van der Waals surface area contributed by atoms with Gasteiger partial charge in [-0.05, 0) is 37.1 Å². The predicted molar refractivity (Wildman–Crippen MR) is 113 cm³/mol. The topological polar surface area (TPSA) is 74.1 Å². The summed E-state index contributed by atoms with van der Waals surface area (Å²) in [6, 6.07) is 14.9. The second-order valence-corrected chi connectivity index (χ2v) is 7.50. The fourth-order valence-corrected chi connectivity index (χ4v) is 4.04. The lowest BCUT2D eigenvalue weighted by Crippen LogP contribution is -2.41. The number of fused-ring (bicyclic) bond motifs is 3. The van der Waals surface area contributed by atoms with Gasteiger partial charge in [-0.2, -0.15) is 0 Å². The van der Waals surface area contributed by atoms with Crippen molar-refractivity contribution in [3.8, 4) is 0 Å². The van der Waals surface area contributed by atoms with Gasteiger partial charge in [0.15, 0.2) is 5.17 Å². The van der Waals surface area contributed by atoms with Crippen LogP contribution in [0.3, 0.4) is 0 Å². The third-order valence-electron chi connectivity index (χ3n) is 4.66. The minimum absolute atomic E-state index is 0.118. The van der Waals surface area contributed by atoms with Gasteiger partial charge in [-0.3, -0.25) is 14.6 Å². The Morgan fingerprint density at radius 3 is 2.75 bits per heavy atom. The summed E-state index contributed by atoms with van der Waals surface area (Å²) in [5.74, 6) is 0.519. The van der Waals surface area contributed by atoms with E-state index in [1.165, 1.54) is 16.7 Å². The second-order valence-electron chi connectivity index (χ2n) is 6.56. The van der Waals surface area contributed by atoms with Gasteiger partial charge in [0.05, 0.1) is 11.4 Å². The maximum absolute atomic E-state index is 12.6. The predicted octanol–water partition coefficient (Wildman–Crippen LogP) is 3.60. The van der Waals surface area contributed by atoms with Crippen molar-refractivity contribution in [2.75, 3.05) is 11.1 Å². The van der Waals surface area contributed by atoms with Crippen LogP contribution in [0.4, 0.5) is 11.4 Å². The van der Waals surface area contributed by atoms with Crippen LogP contribution in [-0.2, 0) is 16.0 Å². The number of hydrogen-bond acceptors (Lipinski definition) is 5. The van der Waals surface area contributed by atoms with E-state index in [-0.39, 0.29) is 17.6 Å². The number of benzene rings is 2. The second kappa shape index (κ2) is 7.59. The molecule has 0 aromatic heterocycles. The molecule has 0 spiro atoms. The van der Waals surface area contributed by atoms with Gasteiger partial charge in [0, 0.05) is 11.3 Å². The maximum Gasteiger partial charge on any atom is 0.258 e. The molecule has 0 fully saturated rings. The van der Waals surface area contributed by atoms with Crippen LogP contribution in [0.5, 0.6) is 0 Å². The molecule has 2 amide bonds. The Kier molecular flexibility index (Phi) is 5.00. The molecule has 2 aliphatic rings. The van der Waals surface area contributed by atoms with Gasteiger partial charge in [-0.25, -0.2) is 9.89 Å². The van der Waals surface area contributed by atoms with Crippen molar-refractivity contribution >= 4 is 46.0 Å². The first-order chi connectivity index (χ1) is 13.6. The number of hydrogen-bond donors (Lipinski definition) is 1. The van der Waals surface area contributed by atoms with E-state index in [4.69, 9.17) is 0 Å². The van der Waals surface area contributed by atoms with E-state index >= 15 is 0 Å². The van der Waals surface area contributed by atoms with Crippen LogP contribution >= 0.6 is 11.8 Å². The third kappa shape index (κ3) is 3.33. The van der Waals surface area contributed by atoms with Crippen molar-refractivity contribution in [3.05, 3.63) is 59.7 Å². The van der Waals surface area contributed by atoms with Crippen LogP contribution in [0.15, 0.2) is 58.5 Å². The summed E-state index contributed by atoms with van der Waals surface area (Å²) < 4.78 is 0. The van der Waals surface area contributed by atoms with Gasteiger partial charge in [-0.1, -0.05) is 49.0 Å². The van der Waals surface area contributed by atoms with E-state index in [0.717, 1.165) is 28.9 Å². The number of para-hydroxylation sites is 2. The number of thioether (sulfide) groups is 1. The third-order valence-corrected chi connectivity index (χ3v) is 5.60. The van der Waals surface area contributed by atoms with Crippen LogP contribution in [0.2, 0.25) is 0 Å². The average Bonchev–Trinajstić information content (AvgIpc) is 3.01. The molecule has 0 radical (unpaired) electrons. The monoisotopic (exact) mass is 392 g/mol. The molecule has 2 aliphatic heterocycles. The number of aliphatic imine (C=N–C) groups is 2. The smallest absolute Gasteiger partial charge is 0.258 e. The van der Waals surface area contributed by atoms with Gasteiger partial charge in [-0.15, -0.1) is 0 Å². The quantitative estimate of drug-likeness (QED) is 0.864. The highest BCUT2D eigenvalue weighted by Gasteiger charge is 2.39. The Hall–Kier alpha value is -2.93. The molecule has 0 saturated heterocycles. The molecule has 28 heavy (non-hydrogen) atoms. The van der Waals surface area contributed by atoms with E-state index < -0.39 is 6.04 Å². The number of aryl methyl sites for hydroxylation is 1. The summed E-state index contributed by atoms with van der Waals surface area (Å²) in [6.07, 6.45) is 0.840. The highest BCUT2D eigenvalue weighted by molar-refractivity contribution is 8.14. The zero-order chi connectivity index (χ0) is 19.7. The minimum Gasteiger partial charge on any atom is -0.325 e. The first-order valence-corrected chi connectivity index (χ1v) is 10.2. The Morgan fingerprint density at radius 1 is 1.18 bits per heavy atom. The Labute approximate surface area is 167 Å². The average molecular weight is 392 g/mol. The largest absolute Gasteiger partial charge is 0.325 e. The zero-order valence-corrected chi connectivity index (χ0v) is 16.5. The maximum atomic E-state index is 12.6. The Balaban J connectivity index is 1.53. The van der Waals surface area contributed by atoms with Gasteiger partial charge in [0.25, 0.3) is 5.91 Å². The summed E-state index contributed by atoms with van der Waals surface area (Å²) in [4.78, 5) is 35.7. The number of anilines is 1. The lowest BCUT2D eigenvalue weighted by Gasteiger charge is -2.25. The molecular formula is C21H20N4O2S.